The van der Waals surface area contributed by atoms with Crippen LogP contribution in [0.2, 0.25) is 6.82 Å². The molecule has 1 unspecified atom stereocenters. The SMILES string of the molecule is CB1NC(C)c2c(ccc(C)c2C)O1. The third-order valence-corrected chi connectivity index (χ3v) is 2.97. The first kappa shape index (κ1) is 9.59. The molecule has 0 spiro atoms. The van der Waals surface area contributed by atoms with E-state index in [1.165, 1.54) is 16.7 Å². The Kier molecular flexibility index (Phi) is 2.27. The fraction of sp³-hybridized carbons (Fsp3) is 0.455. The Bertz CT molecular complexity index is 365. The van der Waals surface area contributed by atoms with Crippen LogP contribution < -0.4 is 9.88 Å². The van der Waals surface area contributed by atoms with Crippen LogP contribution in [0.25, 0.3) is 0 Å². The summed E-state index contributed by atoms with van der Waals surface area (Å²) in [5, 5.41) is 3.38. The maximum absolute atomic E-state index is 5.73. The summed E-state index contributed by atoms with van der Waals surface area (Å²) < 4.78 is 5.73. The Morgan fingerprint density at radius 2 is 2.07 bits per heavy atom. The second kappa shape index (κ2) is 3.32. The van der Waals surface area contributed by atoms with Crippen LogP contribution >= 0.6 is 0 Å². The van der Waals surface area contributed by atoms with Gasteiger partial charge < -0.3 is 9.88 Å². The van der Waals surface area contributed by atoms with Crippen LogP contribution in [0, 0.1) is 13.8 Å². The third-order valence-electron chi connectivity index (χ3n) is 2.97. The van der Waals surface area contributed by atoms with Crippen molar-refractivity contribution in [3.05, 3.63) is 28.8 Å². The Morgan fingerprint density at radius 3 is 2.79 bits per heavy atom. The first-order chi connectivity index (χ1) is 6.59. The van der Waals surface area contributed by atoms with E-state index in [0.29, 0.717) is 6.04 Å². The molecule has 0 fully saturated rings. The fourth-order valence-corrected chi connectivity index (χ4v) is 2.11. The van der Waals surface area contributed by atoms with Gasteiger partial charge in [0.05, 0.1) is 0 Å². The molecule has 0 bridgehead atoms. The monoisotopic (exact) mass is 189 g/mol. The molecule has 1 heterocycles. The third kappa shape index (κ3) is 1.42. The number of hydrogen-bond donors (Lipinski definition) is 1. The number of rotatable bonds is 0. The van der Waals surface area contributed by atoms with E-state index in [4.69, 9.17) is 4.65 Å². The minimum atomic E-state index is 0.111. The van der Waals surface area contributed by atoms with Gasteiger partial charge in [0.1, 0.15) is 5.75 Å². The van der Waals surface area contributed by atoms with Crippen molar-refractivity contribution in [2.75, 3.05) is 0 Å². The van der Waals surface area contributed by atoms with Gasteiger partial charge in [0.15, 0.2) is 0 Å². The molecule has 2 nitrogen and oxygen atoms in total. The highest BCUT2D eigenvalue weighted by atomic mass is 16.4. The van der Waals surface area contributed by atoms with Crippen LogP contribution in [0.15, 0.2) is 12.1 Å². The van der Waals surface area contributed by atoms with Crippen molar-refractivity contribution in [3.8, 4) is 5.75 Å². The molecule has 0 radical (unpaired) electrons. The molecule has 1 aliphatic heterocycles. The Morgan fingerprint density at radius 1 is 1.36 bits per heavy atom. The molecule has 2 rings (SSSR count). The summed E-state index contributed by atoms with van der Waals surface area (Å²) in [7, 11) is 0.111. The van der Waals surface area contributed by atoms with E-state index in [-0.39, 0.29) is 7.05 Å². The summed E-state index contributed by atoms with van der Waals surface area (Å²) in [6.07, 6.45) is 0. The number of fused-ring (bicyclic) bond motifs is 1. The summed E-state index contributed by atoms with van der Waals surface area (Å²) in [4.78, 5) is 0. The topological polar surface area (TPSA) is 21.3 Å². The summed E-state index contributed by atoms with van der Waals surface area (Å²) in [5.74, 6) is 1.03. The van der Waals surface area contributed by atoms with Crippen molar-refractivity contribution in [1.82, 2.24) is 5.23 Å². The zero-order valence-electron chi connectivity index (χ0n) is 9.22. The summed E-state index contributed by atoms with van der Waals surface area (Å²) in [6.45, 7) is 8.52. The van der Waals surface area contributed by atoms with Crippen molar-refractivity contribution in [3.63, 3.8) is 0 Å². The number of nitrogens with one attached hydrogen (secondary N) is 1. The van der Waals surface area contributed by atoms with Crippen LogP contribution in [0.3, 0.4) is 0 Å². The van der Waals surface area contributed by atoms with E-state index < -0.39 is 0 Å². The van der Waals surface area contributed by atoms with E-state index in [1.54, 1.807) is 0 Å². The van der Waals surface area contributed by atoms with Gasteiger partial charge in [0.2, 0.25) is 0 Å². The molecule has 3 heteroatoms. The van der Waals surface area contributed by atoms with Crippen LogP contribution in [0.1, 0.15) is 29.7 Å². The standard InChI is InChI=1S/C11H16BNO/c1-7-5-6-10-11(8(7)2)9(3)13-12(4)14-10/h5-6,9,13H,1-4H3. The second-order valence-electron chi connectivity index (χ2n) is 4.07. The predicted molar refractivity (Wildman–Crippen MR) is 59.7 cm³/mol. The molecule has 1 atom stereocenters. The maximum atomic E-state index is 5.73. The summed E-state index contributed by atoms with van der Waals surface area (Å²) >= 11 is 0. The lowest BCUT2D eigenvalue weighted by molar-refractivity contribution is 0.484. The smallest absolute Gasteiger partial charge is 0.443 e. The van der Waals surface area contributed by atoms with Crippen LogP contribution in [0.4, 0.5) is 0 Å². The molecule has 1 N–H and O–H groups in total. The second-order valence-corrected chi connectivity index (χ2v) is 4.07. The molecule has 74 valence electrons. The van der Waals surface area contributed by atoms with Crippen molar-refractivity contribution < 1.29 is 4.65 Å². The van der Waals surface area contributed by atoms with Crippen LogP contribution in [0.5, 0.6) is 5.75 Å². The average molecular weight is 189 g/mol. The van der Waals surface area contributed by atoms with Crippen LogP contribution in [-0.4, -0.2) is 7.05 Å². The van der Waals surface area contributed by atoms with Crippen molar-refractivity contribution in [2.24, 2.45) is 0 Å². The number of aryl methyl sites for hydroxylation is 1. The average Bonchev–Trinajstić information content (AvgIpc) is 2.10. The molecule has 1 aromatic rings. The van der Waals surface area contributed by atoms with Gasteiger partial charge in [-0.15, -0.1) is 0 Å². The van der Waals surface area contributed by atoms with Gasteiger partial charge in [-0.2, -0.15) is 0 Å². The van der Waals surface area contributed by atoms with Gasteiger partial charge >= 0.3 is 7.05 Å². The lowest BCUT2D eigenvalue weighted by Crippen LogP contribution is -2.42. The molecule has 1 aliphatic rings. The zero-order chi connectivity index (χ0) is 10.3. The zero-order valence-corrected chi connectivity index (χ0v) is 9.22. The molecular weight excluding hydrogens is 173 g/mol. The highest BCUT2D eigenvalue weighted by Crippen LogP contribution is 2.33. The predicted octanol–water partition coefficient (Wildman–Crippen LogP) is 2.46. The molecule has 0 aliphatic carbocycles. The van der Waals surface area contributed by atoms with Crippen molar-refractivity contribution in [1.29, 1.82) is 0 Å². The maximum Gasteiger partial charge on any atom is 0.443 e. The van der Waals surface area contributed by atoms with Crippen molar-refractivity contribution >= 4 is 7.05 Å². The minimum absolute atomic E-state index is 0.111. The van der Waals surface area contributed by atoms with Crippen LogP contribution in [-0.2, 0) is 0 Å². The van der Waals surface area contributed by atoms with Crippen molar-refractivity contribution in [2.45, 2.75) is 33.6 Å². The van der Waals surface area contributed by atoms with Gasteiger partial charge in [-0.3, -0.25) is 0 Å². The number of hydrogen-bond acceptors (Lipinski definition) is 2. The lowest BCUT2D eigenvalue weighted by Gasteiger charge is -2.30. The van der Waals surface area contributed by atoms with E-state index in [1.807, 2.05) is 6.82 Å². The first-order valence-corrected chi connectivity index (χ1v) is 5.12. The van der Waals surface area contributed by atoms with E-state index in [2.05, 4.69) is 38.1 Å². The van der Waals surface area contributed by atoms with E-state index in [0.717, 1.165) is 5.75 Å². The Labute approximate surface area is 85.8 Å². The molecule has 0 amide bonds. The lowest BCUT2D eigenvalue weighted by atomic mass is 9.81. The highest BCUT2D eigenvalue weighted by Gasteiger charge is 2.26. The summed E-state index contributed by atoms with van der Waals surface area (Å²) in [5.41, 5.74) is 3.98. The molecule has 1 aromatic carbocycles. The minimum Gasteiger partial charge on any atom is -0.546 e. The molecule has 14 heavy (non-hydrogen) atoms. The molecule has 0 saturated carbocycles. The van der Waals surface area contributed by atoms with E-state index in [9.17, 15) is 0 Å². The Hall–Kier alpha value is -0.955. The van der Waals surface area contributed by atoms with E-state index >= 15 is 0 Å². The highest BCUT2D eigenvalue weighted by molar-refractivity contribution is 6.48. The quantitative estimate of drug-likeness (QED) is 0.633. The fourth-order valence-electron chi connectivity index (χ4n) is 2.11. The van der Waals surface area contributed by atoms with Gasteiger partial charge in [-0.25, -0.2) is 0 Å². The largest absolute Gasteiger partial charge is 0.546 e. The number of benzene rings is 1. The van der Waals surface area contributed by atoms with Gasteiger partial charge in [0.25, 0.3) is 0 Å². The molecule has 0 saturated heterocycles. The first-order valence-electron chi connectivity index (χ1n) is 5.12. The van der Waals surface area contributed by atoms with Gasteiger partial charge in [-0.1, -0.05) is 6.07 Å². The Balaban J connectivity index is 2.54. The molecule has 0 aromatic heterocycles. The molecular formula is C11H16BNO. The summed E-state index contributed by atoms with van der Waals surface area (Å²) in [6, 6.07) is 4.58. The normalized spacial score (nSPS) is 20.3. The van der Waals surface area contributed by atoms with Gasteiger partial charge in [-0.05, 0) is 44.8 Å². The van der Waals surface area contributed by atoms with Gasteiger partial charge in [0, 0.05) is 11.6 Å².